The fourth-order valence-corrected chi connectivity index (χ4v) is 11.0. The van der Waals surface area contributed by atoms with Crippen LogP contribution in [-0.4, -0.2) is 68.1 Å². The van der Waals surface area contributed by atoms with Crippen LogP contribution in [-0.2, 0) is 57.2 Å². The lowest BCUT2D eigenvalue weighted by molar-refractivity contribution is -0.345. The first kappa shape index (κ1) is 65.4. The molecule has 13 heteroatoms. The van der Waals surface area contributed by atoms with Crippen molar-refractivity contribution in [1.29, 1.82) is 0 Å². The number of unbranched alkanes of at least 4 members (excludes halogenated alkanes) is 18. The maximum absolute atomic E-state index is 15.2. The number of benzene rings is 3. The number of carbonyl (C=O) groups excluding carboxylic acids is 3. The summed E-state index contributed by atoms with van der Waals surface area (Å²) in [6, 6.07) is 25.4. The zero-order valence-corrected chi connectivity index (χ0v) is 50.0. The first-order valence-corrected chi connectivity index (χ1v) is 32.9. The van der Waals surface area contributed by atoms with Crippen LogP contribution in [0.5, 0.6) is 0 Å². The van der Waals surface area contributed by atoms with Crippen LogP contribution in [0.1, 0.15) is 205 Å². The number of halogens is 2. The van der Waals surface area contributed by atoms with Gasteiger partial charge < -0.3 is 28.5 Å². The van der Waals surface area contributed by atoms with Gasteiger partial charge in [0.2, 0.25) is 5.91 Å². The topological polar surface area (TPSA) is 144 Å². The van der Waals surface area contributed by atoms with Crippen molar-refractivity contribution in [3.8, 4) is 0 Å². The molecule has 1 fully saturated rings. The Morgan fingerprint density at radius 2 is 1.13 bits per heavy atom. The van der Waals surface area contributed by atoms with E-state index in [1.807, 2.05) is 54.6 Å². The first-order valence-electron chi connectivity index (χ1n) is 29.3. The molecule has 0 unspecified atom stereocenters. The highest BCUT2D eigenvalue weighted by Gasteiger charge is 2.59. The van der Waals surface area contributed by atoms with Gasteiger partial charge in [-0.25, -0.2) is 0 Å². The number of carbonyl (C=O) groups is 3. The van der Waals surface area contributed by atoms with E-state index in [0.717, 1.165) is 118 Å². The van der Waals surface area contributed by atoms with Gasteiger partial charge in [-0.3, -0.25) is 20.1 Å². The molecule has 3 aromatic carbocycles. The Balaban J connectivity index is 1.48. The van der Waals surface area contributed by atoms with Crippen molar-refractivity contribution in [3.05, 3.63) is 106 Å². The van der Waals surface area contributed by atoms with Gasteiger partial charge in [-0.05, 0) is 110 Å². The number of hydrogen-bond acceptors (Lipinski definition) is 10. The van der Waals surface area contributed by atoms with Crippen LogP contribution in [0.3, 0.4) is 0 Å². The van der Waals surface area contributed by atoms with Crippen LogP contribution < -0.4 is 5.73 Å². The minimum Gasteiger partial charge on any atom is -0.462 e. The molecule has 4 rings (SSSR count). The Hall–Kier alpha value is -3.13. The smallest absolute Gasteiger partial charge is 0.306 e. The van der Waals surface area contributed by atoms with Gasteiger partial charge in [-0.1, -0.05) is 208 Å². The summed E-state index contributed by atoms with van der Waals surface area (Å²) >= 11 is 12.1. The number of Topliss-reactive ketones (excluding diaryl/α,β-unsaturated/α-hetero) is 1. The minimum atomic E-state index is -2.39. The van der Waals surface area contributed by atoms with E-state index in [1.54, 1.807) is 0 Å². The summed E-state index contributed by atoms with van der Waals surface area (Å²) in [6.07, 6.45) is 19.4. The number of aliphatic hydroxyl groups is 1. The molecular weight excluding hydrogens is 1010 g/mol. The average Bonchev–Trinajstić information content (AvgIpc) is 3.39. The summed E-state index contributed by atoms with van der Waals surface area (Å²) in [7, 11) is -2.39. The van der Waals surface area contributed by atoms with Gasteiger partial charge in [0, 0.05) is 29.3 Å². The van der Waals surface area contributed by atoms with Gasteiger partial charge in [0.25, 0.3) is 0 Å². The van der Waals surface area contributed by atoms with Crippen LogP contribution in [0.15, 0.2) is 78.9 Å². The van der Waals surface area contributed by atoms with E-state index in [0.29, 0.717) is 19.3 Å². The Morgan fingerprint density at radius 3 is 1.64 bits per heavy atom. The number of esters is 2. The van der Waals surface area contributed by atoms with Crippen molar-refractivity contribution in [1.82, 2.24) is 0 Å². The van der Waals surface area contributed by atoms with Crippen molar-refractivity contribution in [3.63, 3.8) is 0 Å². The molecule has 3 N–H and O–H groups in total. The molecule has 0 saturated carbocycles. The van der Waals surface area contributed by atoms with Crippen molar-refractivity contribution < 1.29 is 42.9 Å². The van der Waals surface area contributed by atoms with Crippen molar-refractivity contribution in [2.75, 3.05) is 6.61 Å². The third kappa shape index (κ3) is 24.9. The van der Waals surface area contributed by atoms with Gasteiger partial charge >= 0.3 is 11.9 Å². The zero-order valence-electron chi connectivity index (χ0n) is 47.4. The third-order valence-electron chi connectivity index (χ3n) is 15.5. The number of hydrogen-bond donors (Lipinski definition) is 2. The molecule has 0 aromatic heterocycles. The standard InChI is InChI=1S/C63H97Cl2NO9Si/c1-7-8-9-10-11-12-13-20-28-35-54(73-57(68)36-29-21-16-14-18-24-31-49-38-42-52(64)43-39-49)46-55(67)59-61(74-58(69)37-30-22-17-15-19-25-32-50-40-44-53(65)45-41-50)60(70)56(48-72-76(5,6)62(2,3)4)75-63(59,66)71-47-51-33-26-23-27-34-51/h23,26-27,33-34,38-45,54,56,59-61,70H,7-22,24-25,28-32,35-37,46-48,66H2,1-6H3/t54-,56+,59+,60+,61+,63-/m0/s1. The van der Waals surface area contributed by atoms with Crippen molar-refractivity contribution >= 4 is 49.2 Å². The molecule has 0 aliphatic carbocycles. The van der Waals surface area contributed by atoms with Gasteiger partial charge in [0.05, 0.1) is 13.2 Å². The second-order valence-corrected chi connectivity index (χ2v) is 28.7. The lowest BCUT2D eigenvalue weighted by atomic mass is 9.82. The Kier molecular flexibility index (Phi) is 30.5. The van der Waals surface area contributed by atoms with Crippen LogP contribution in [0.4, 0.5) is 0 Å². The molecule has 0 amide bonds. The van der Waals surface area contributed by atoms with E-state index < -0.39 is 56.3 Å². The molecule has 0 bridgehead atoms. The lowest BCUT2D eigenvalue weighted by Gasteiger charge is -2.49. The Morgan fingerprint density at radius 1 is 0.658 bits per heavy atom. The van der Waals surface area contributed by atoms with E-state index in [2.05, 4.69) is 65.1 Å². The van der Waals surface area contributed by atoms with Gasteiger partial charge in [0.1, 0.15) is 36.1 Å². The highest BCUT2D eigenvalue weighted by Crippen LogP contribution is 2.40. The molecule has 3 aromatic rings. The molecule has 10 nitrogen and oxygen atoms in total. The normalized spacial score (nSPS) is 19.3. The summed E-state index contributed by atoms with van der Waals surface area (Å²) in [5, 5.41) is 13.6. The molecule has 426 valence electrons. The second-order valence-electron chi connectivity index (χ2n) is 23.0. The summed E-state index contributed by atoms with van der Waals surface area (Å²) in [4.78, 5) is 42.8. The fraction of sp³-hybridized carbons (Fsp3) is 0.667. The number of rotatable bonds is 39. The summed E-state index contributed by atoms with van der Waals surface area (Å²) < 4.78 is 32.1. The van der Waals surface area contributed by atoms with Gasteiger partial charge in [-0.15, -0.1) is 0 Å². The molecule has 1 aliphatic heterocycles. The highest BCUT2D eigenvalue weighted by atomic mass is 35.5. The maximum Gasteiger partial charge on any atom is 0.306 e. The van der Waals surface area contributed by atoms with Crippen LogP contribution in [0.25, 0.3) is 0 Å². The van der Waals surface area contributed by atoms with Crippen molar-refractivity contribution in [2.45, 2.75) is 256 Å². The number of aliphatic hydroxyl groups excluding tert-OH is 1. The zero-order chi connectivity index (χ0) is 55.2. The summed E-state index contributed by atoms with van der Waals surface area (Å²) in [5.74, 6) is -4.96. The predicted octanol–water partition coefficient (Wildman–Crippen LogP) is 16.2. The summed E-state index contributed by atoms with van der Waals surface area (Å²) in [6.45, 7) is 12.7. The average molecular weight is 1110 g/mol. The third-order valence-corrected chi connectivity index (χ3v) is 20.5. The number of aryl methyl sites for hydroxylation is 2. The van der Waals surface area contributed by atoms with Crippen LogP contribution in [0, 0.1) is 5.92 Å². The minimum absolute atomic E-state index is 0.0212. The van der Waals surface area contributed by atoms with E-state index in [-0.39, 0.29) is 43.5 Å². The van der Waals surface area contributed by atoms with Crippen LogP contribution in [0.2, 0.25) is 28.2 Å². The Bertz CT molecular complexity index is 2070. The fourth-order valence-electron chi connectivity index (χ4n) is 9.70. The van der Waals surface area contributed by atoms with E-state index in [9.17, 15) is 14.7 Å². The van der Waals surface area contributed by atoms with E-state index >= 15 is 4.79 Å². The molecule has 0 spiro atoms. The molecule has 76 heavy (non-hydrogen) atoms. The maximum atomic E-state index is 15.2. The second kappa shape index (κ2) is 35.5. The molecular formula is C63H97Cl2NO9Si. The molecule has 6 atom stereocenters. The van der Waals surface area contributed by atoms with Crippen molar-refractivity contribution in [2.24, 2.45) is 11.7 Å². The molecule has 1 heterocycles. The number of ketones is 1. The Labute approximate surface area is 469 Å². The first-order chi connectivity index (χ1) is 36.4. The molecule has 1 aliphatic rings. The summed E-state index contributed by atoms with van der Waals surface area (Å²) in [5.41, 5.74) is 10.6. The monoisotopic (exact) mass is 1110 g/mol. The largest absolute Gasteiger partial charge is 0.462 e. The number of ether oxygens (including phenoxy) is 4. The lowest BCUT2D eigenvalue weighted by Crippen LogP contribution is -2.70. The molecule has 0 radical (unpaired) electrons. The quantitative estimate of drug-likeness (QED) is 0.0245. The van der Waals surface area contributed by atoms with Gasteiger partial charge in [0.15, 0.2) is 8.32 Å². The van der Waals surface area contributed by atoms with Gasteiger partial charge in [-0.2, -0.15) is 0 Å². The van der Waals surface area contributed by atoms with E-state index in [1.165, 1.54) is 43.2 Å². The predicted molar refractivity (Wildman–Crippen MR) is 312 cm³/mol. The SMILES string of the molecule is CCCCCCCCCCC[C@@H](CC(=O)[C@@H]1[C@@H](OC(=O)CCCCCCCCc2ccc(Cl)cc2)[C@H](O)[C@@H](CO[Si](C)(C)C(C)(C)C)O[C@@]1(N)OCc1ccccc1)OC(=O)CCCCCCCCc1ccc(Cl)cc1. The van der Waals surface area contributed by atoms with E-state index in [4.69, 9.17) is 52.3 Å². The number of nitrogens with two attached hydrogens (primary N) is 1. The molecule has 1 saturated heterocycles. The highest BCUT2D eigenvalue weighted by molar-refractivity contribution is 6.74. The van der Waals surface area contributed by atoms with Crippen LogP contribution >= 0.6 is 23.2 Å².